The molecule has 2 bridgehead atoms. The predicted octanol–water partition coefficient (Wildman–Crippen LogP) is 16.9. The van der Waals surface area contributed by atoms with Gasteiger partial charge in [-0.25, -0.2) is 21.8 Å². The Hall–Kier alpha value is -10.1. The SMILES string of the molecule is Cc1ccc(S(=O)(=O)c2ccc(Oc3ccc(C4(c5ccc(Oc6ccc(S(=O)(=O)c7ccc(-c8ccc(-c9ccc(C)cc9C(=O)c9cccc(S(=O)(=O)O)c9)cc8C(=O)c8ccc(Oc9ccccn9)cc8)cc7)cc6)cc5)CC5CCC4C5)cc3)cc2)cc1. The van der Waals surface area contributed by atoms with Crippen LogP contribution in [0.1, 0.15) is 79.8 Å². The molecule has 1 N–H and O–H groups in total. The Morgan fingerprint density at radius 2 is 0.902 bits per heavy atom. The van der Waals surface area contributed by atoms with E-state index in [9.17, 15) is 39.4 Å². The molecule has 0 aliphatic heterocycles. The number of carbonyl (C=O) groups is 2. The number of rotatable bonds is 19. The fourth-order valence-electron chi connectivity index (χ4n) is 12.9. The summed E-state index contributed by atoms with van der Waals surface area (Å²) in [5, 5.41) is 0. The highest BCUT2D eigenvalue weighted by molar-refractivity contribution is 7.91. The van der Waals surface area contributed by atoms with Gasteiger partial charge in [0.2, 0.25) is 25.6 Å². The van der Waals surface area contributed by atoms with Crippen LogP contribution in [0.25, 0.3) is 22.3 Å². The molecule has 16 heteroatoms. The van der Waals surface area contributed by atoms with E-state index in [0.29, 0.717) is 74.3 Å². The highest BCUT2D eigenvalue weighted by Crippen LogP contribution is 2.60. The molecule has 0 saturated heterocycles. The molecule has 0 spiro atoms. The maximum atomic E-state index is 14.8. The first-order chi connectivity index (χ1) is 44.3. The van der Waals surface area contributed by atoms with Gasteiger partial charge in [-0.1, -0.05) is 109 Å². The van der Waals surface area contributed by atoms with Crippen molar-refractivity contribution in [3.63, 3.8) is 0 Å². The molecule has 10 aromatic carbocycles. The van der Waals surface area contributed by atoms with E-state index in [1.165, 1.54) is 60.0 Å². The number of benzene rings is 10. The molecule has 2 fully saturated rings. The van der Waals surface area contributed by atoms with E-state index < -0.39 is 40.5 Å². The standard InChI is InChI=1S/C76H59NO12S3/c1-49-9-33-64(34-10-49)90(80,81)66-37-29-61(30-38-66)87-59-25-19-56(20-26-59)76(48-51-12-18-58(76)45-51)57-21-27-60(28-22-57)88-62-31-39-67(40-32-62)91(82,83)65-35-15-52(16-36-65)69-42-17-54(47-72(69)74(78)53-13-23-63(24-14-53)89-73-8-3-4-43-77-73)70-41-11-50(2)44-71(70)75(79)55-6-5-7-68(46-55)92(84,85)86/h3-11,13-17,19-44,46-47,51,58H,12,18,45,48H2,1-2H3,(H,84,85,86). The summed E-state index contributed by atoms with van der Waals surface area (Å²) in [7, 11) is -12.3. The first kappa shape index (κ1) is 60.8. The smallest absolute Gasteiger partial charge is 0.294 e. The highest BCUT2D eigenvalue weighted by atomic mass is 32.2. The Balaban J connectivity index is 0.723. The largest absolute Gasteiger partial charge is 0.457 e. The van der Waals surface area contributed by atoms with E-state index in [2.05, 4.69) is 29.2 Å². The Labute approximate surface area is 534 Å². The number of hydrogen-bond donors (Lipinski definition) is 1. The molecule has 92 heavy (non-hydrogen) atoms. The second kappa shape index (κ2) is 24.6. The van der Waals surface area contributed by atoms with E-state index in [1.807, 2.05) is 44.2 Å². The fraction of sp³-hybridized carbons (Fsp3) is 0.118. The van der Waals surface area contributed by atoms with Gasteiger partial charge in [0, 0.05) is 39.9 Å². The van der Waals surface area contributed by atoms with Crippen LogP contribution < -0.4 is 14.2 Å². The summed E-state index contributed by atoms with van der Waals surface area (Å²) in [5.74, 6) is 3.21. The van der Waals surface area contributed by atoms with Gasteiger partial charge < -0.3 is 14.2 Å². The number of fused-ring (bicyclic) bond motifs is 2. The van der Waals surface area contributed by atoms with Crippen molar-refractivity contribution < 1.29 is 53.6 Å². The minimum Gasteiger partial charge on any atom is -0.457 e. The van der Waals surface area contributed by atoms with Crippen LogP contribution in [0.3, 0.4) is 0 Å². The van der Waals surface area contributed by atoms with Gasteiger partial charge in [0.05, 0.1) is 24.5 Å². The molecule has 2 saturated carbocycles. The average molecular weight is 1270 g/mol. The second-order valence-electron chi connectivity index (χ2n) is 23.4. The van der Waals surface area contributed by atoms with Crippen LogP contribution in [0, 0.1) is 25.7 Å². The van der Waals surface area contributed by atoms with Gasteiger partial charge in [-0.2, -0.15) is 8.42 Å². The van der Waals surface area contributed by atoms with Gasteiger partial charge in [0.15, 0.2) is 11.6 Å². The second-order valence-corrected chi connectivity index (χ2v) is 28.7. The number of nitrogens with zero attached hydrogens (tertiary/aromatic N) is 1. The first-order valence-electron chi connectivity index (χ1n) is 29.8. The minimum atomic E-state index is -4.61. The van der Waals surface area contributed by atoms with Crippen LogP contribution >= 0.6 is 0 Å². The number of carbonyl (C=O) groups excluding carboxylic acids is 2. The van der Waals surface area contributed by atoms with Crippen LogP contribution in [0.15, 0.2) is 279 Å². The summed E-state index contributed by atoms with van der Waals surface area (Å²) in [5.41, 5.74) is 6.71. The normalized spacial score (nSPS) is 16.2. The van der Waals surface area contributed by atoms with Crippen molar-refractivity contribution in [2.24, 2.45) is 11.8 Å². The summed E-state index contributed by atoms with van der Waals surface area (Å²) in [6.07, 6.45) is 6.11. The summed E-state index contributed by atoms with van der Waals surface area (Å²) < 4.78 is 107. The number of sulfone groups is 2. The van der Waals surface area contributed by atoms with Crippen molar-refractivity contribution in [2.45, 2.75) is 69.4 Å². The van der Waals surface area contributed by atoms with Crippen molar-refractivity contribution in [1.29, 1.82) is 0 Å². The predicted molar refractivity (Wildman–Crippen MR) is 350 cm³/mol. The number of aromatic nitrogens is 1. The average Bonchev–Trinajstić information content (AvgIpc) is 1.55. The van der Waals surface area contributed by atoms with Gasteiger partial charge in [-0.15, -0.1) is 0 Å². The maximum Gasteiger partial charge on any atom is 0.294 e. The molecule has 13 rings (SSSR count). The third kappa shape index (κ3) is 12.2. The Morgan fingerprint density at radius 1 is 0.435 bits per heavy atom. The fourth-order valence-corrected chi connectivity index (χ4v) is 15.9. The molecule has 2 aliphatic rings. The minimum absolute atomic E-state index is 0.0232. The van der Waals surface area contributed by atoms with E-state index >= 15 is 0 Å². The van der Waals surface area contributed by atoms with Crippen molar-refractivity contribution in [3.05, 3.63) is 299 Å². The first-order valence-corrected chi connectivity index (χ1v) is 34.2. The quantitative estimate of drug-likeness (QED) is 0.0593. The molecule has 0 amide bonds. The van der Waals surface area contributed by atoms with Crippen molar-refractivity contribution in [2.75, 3.05) is 0 Å². The Morgan fingerprint density at radius 3 is 1.42 bits per heavy atom. The molecule has 2 aliphatic carbocycles. The third-order valence-electron chi connectivity index (χ3n) is 17.5. The van der Waals surface area contributed by atoms with Gasteiger partial charge in [0.1, 0.15) is 28.7 Å². The lowest BCUT2D eigenvalue weighted by Gasteiger charge is -2.39. The lowest BCUT2D eigenvalue weighted by Crippen LogP contribution is -2.33. The third-order valence-corrected chi connectivity index (χ3v) is 21.9. The van der Waals surface area contributed by atoms with Crippen LogP contribution in [-0.2, 0) is 35.2 Å². The maximum absolute atomic E-state index is 14.8. The molecule has 0 radical (unpaired) electrons. The van der Waals surface area contributed by atoms with Gasteiger partial charge >= 0.3 is 0 Å². The van der Waals surface area contributed by atoms with Crippen molar-refractivity contribution in [1.82, 2.24) is 4.98 Å². The summed E-state index contributed by atoms with van der Waals surface area (Å²) >= 11 is 0. The topological polar surface area (TPSA) is 197 Å². The molecule has 13 nitrogen and oxygen atoms in total. The molecule has 3 unspecified atom stereocenters. The zero-order valence-corrected chi connectivity index (χ0v) is 52.3. The summed E-state index contributed by atoms with van der Waals surface area (Å²) in [4.78, 5) is 33.3. The van der Waals surface area contributed by atoms with Gasteiger partial charge in [-0.3, -0.25) is 14.1 Å². The number of ketones is 2. The molecular formula is C76H59NO12S3. The van der Waals surface area contributed by atoms with Crippen molar-refractivity contribution >= 4 is 41.4 Å². The van der Waals surface area contributed by atoms with Crippen molar-refractivity contribution in [3.8, 4) is 56.9 Å². The zero-order chi connectivity index (χ0) is 63.9. The van der Waals surface area contributed by atoms with Crippen LogP contribution in [0.2, 0.25) is 0 Å². The van der Waals surface area contributed by atoms with E-state index in [4.69, 9.17) is 14.2 Å². The Kier molecular flexibility index (Phi) is 16.3. The van der Waals surface area contributed by atoms with Gasteiger partial charge in [0.25, 0.3) is 10.1 Å². The number of ether oxygens (including phenoxy) is 3. The molecule has 1 heterocycles. The molecule has 458 valence electrons. The molecular weight excluding hydrogens is 1220 g/mol. The highest BCUT2D eigenvalue weighted by Gasteiger charge is 2.52. The molecule has 1 aromatic heterocycles. The van der Waals surface area contributed by atoms with Gasteiger partial charge in [-0.05, 0) is 230 Å². The van der Waals surface area contributed by atoms with Crippen LogP contribution in [0.5, 0.6) is 34.6 Å². The Bertz CT molecular complexity index is 4970. The number of pyridine rings is 1. The lowest BCUT2D eigenvalue weighted by molar-refractivity contribution is 0.103. The monoisotopic (exact) mass is 1270 g/mol. The lowest BCUT2D eigenvalue weighted by atomic mass is 9.64. The molecule has 11 aromatic rings. The van der Waals surface area contributed by atoms with E-state index in [0.717, 1.165) is 36.5 Å². The summed E-state index contributed by atoms with van der Waals surface area (Å²) in [6, 6.07) is 69.6. The summed E-state index contributed by atoms with van der Waals surface area (Å²) in [6.45, 7) is 3.73. The zero-order valence-electron chi connectivity index (χ0n) is 49.8. The number of aryl methyl sites for hydroxylation is 2. The van der Waals surface area contributed by atoms with Crippen LogP contribution in [-0.4, -0.2) is 46.4 Å². The van der Waals surface area contributed by atoms with Crippen LogP contribution in [0.4, 0.5) is 0 Å². The molecule has 3 atom stereocenters. The number of hydrogen-bond acceptors (Lipinski definition) is 12. The van der Waals surface area contributed by atoms with E-state index in [-0.39, 0.29) is 47.5 Å². The van der Waals surface area contributed by atoms with E-state index in [1.54, 1.807) is 152 Å².